The van der Waals surface area contributed by atoms with E-state index in [-0.39, 0.29) is 50.3 Å². The SMILES string of the molecule is O=C(/C=C/c1ccc(Cl)c(Cl)c1)N1CCC(=O)N(C(CO)CC(=O)N2CCCCC2)CC1. The maximum absolute atomic E-state index is 12.7. The molecule has 2 saturated heterocycles. The predicted molar refractivity (Wildman–Crippen MR) is 124 cm³/mol. The minimum atomic E-state index is -0.571. The van der Waals surface area contributed by atoms with Crippen LogP contribution in [-0.4, -0.2) is 82.9 Å². The first-order valence-electron chi connectivity index (χ1n) is 11.0. The zero-order valence-corrected chi connectivity index (χ0v) is 19.5. The van der Waals surface area contributed by atoms with E-state index in [1.807, 2.05) is 4.90 Å². The molecule has 7 nitrogen and oxygen atoms in total. The molecule has 0 saturated carbocycles. The lowest BCUT2D eigenvalue weighted by molar-refractivity contribution is -0.138. The molecule has 1 aromatic carbocycles. The molecule has 32 heavy (non-hydrogen) atoms. The molecule has 174 valence electrons. The van der Waals surface area contributed by atoms with Crippen molar-refractivity contribution in [2.45, 2.75) is 38.1 Å². The van der Waals surface area contributed by atoms with Gasteiger partial charge < -0.3 is 19.8 Å². The number of nitrogens with zero attached hydrogens (tertiary/aromatic N) is 3. The summed E-state index contributed by atoms with van der Waals surface area (Å²) in [5, 5.41) is 10.7. The van der Waals surface area contributed by atoms with Crippen molar-refractivity contribution in [1.82, 2.24) is 14.7 Å². The number of likely N-dealkylation sites (tertiary alicyclic amines) is 1. The van der Waals surface area contributed by atoms with Crippen LogP contribution in [0.5, 0.6) is 0 Å². The summed E-state index contributed by atoms with van der Waals surface area (Å²) in [5.74, 6) is -0.395. The third-order valence-electron chi connectivity index (χ3n) is 5.97. The Morgan fingerprint density at radius 2 is 1.75 bits per heavy atom. The van der Waals surface area contributed by atoms with Crippen LogP contribution in [0.1, 0.15) is 37.7 Å². The summed E-state index contributed by atoms with van der Waals surface area (Å²) in [7, 11) is 0. The second kappa shape index (κ2) is 11.7. The standard InChI is InChI=1S/C23H29Cl2N3O4/c24-19-6-4-17(14-20(19)25)5-7-21(30)27-11-8-22(31)28(13-12-27)18(16-29)15-23(32)26-9-2-1-3-10-26/h4-7,14,18,29H,1-3,8-13,15-16H2/b7-5+. The van der Waals surface area contributed by atoms with Crippen molar-refractivity contribution < 1.29 is 19.5 Å². The number of amides is 3. The van der Waals surface area contributed by atoms with Gasteiger partial charge in [0.1, 0.15) is 0 Å². The Kier molecular flexibility index (Phi) is 8.96. The zero-order chi connectivity index (χ0) is 23.1. The molecular formula is C23H29Cl2N3O4. The fourth-order valence-electron chi connectivity index (χ4n) is 4.08. The molecule has 1 N–H and O–H groups in total. The van der Waals surface area contributed by atoms with E-state index in [0.29, 0.717) is 16.6 Å². The minimum Gasteiger partial charge on any atom is -0.394 e. The highest BCUT2D eigenvalue weighted by atomic mass is 35.5. The molecule has 1 aromatic rings. The van der Waals surface area contributed by atoms with Crippen LogP contribution < -0.4 is 0 Å². The van der Waals surface area contributed by atoms with E-state index < -0.39 is 6.04 Å². The van der Waals surface area contributed by atoms with Gasteiger partial charge in [0, 0.05) is 51.6 Å². The fraction of sp³-hybridized carbons (Fsp3) is 0.522. The Bertz CT molecular complexity index is 871. The maximum atomic E-state index is 12.7. The molecule has 2 aliphatic rings. The van der Waals surface area contributed by atoms with Crippen LogP contribution in [0, 0.1) is 0 Å². The highest BCUT2D eigenvalue weighted by molar-refractivity contribution is 6.42. The number of piperidine rings is 1. The average molecular weight is 482 g/mol. The highest BCUT2D eigenvalue weighted by Crippen LogP contribution is 2.23. The van der Waals surface area contributed by atoms with E-state index in [1.54, 1.807) is 34.1 Å². The molecule has 2 fully saturated rings. The van der Waals surface area contributed by atoms with E-state index in [1.165, 1.54) is 6.08 Å². The van der Waals surface area contributed by atoms with Gasteiger partial charge in [0.05, 0.1) is 22.7 Å². The first-order valence-corrected chi connectivity index (χ1v) is 11.7. The second-order valence-corrected chi connectivity index (χ2v) is 8.97. The van der Waals surface area contributed by atoms with Gasteiger partial charge in [-0.3, -0.25) is 14.4 Å². The summed E-state index contributed by atoms with van der Waals surface area (Å²) in [5.41, 5.74) is 0.747. The van der Waals surface area contributed by atoms with Crippen molar-refractivity contribution in [3.63, 3.8) is 0 Å². The average Bonchev–Trinajstić information content (AvgIpc) is 3.00. The van der Waals surface area contributed by atoms with Crippen LogP contribution in [0.25, 0.3) is 6.08 Å². The van der Waals surface area contributed by atoms with Crippen LogP contribution in [0.3, 0.4) is 0 Å². The van der Waals surface area contributed by atoms with Gasteiger partial charge in [-0.1, -0.05) is 29.3 Å². The van der Waals surface area contributed by atoms with Gasteiger partial charge in [-0.25, -0.2) is 0 Å². The normalized spacial score (nSPS) is 18.7. The Balaban J connectivity index is 1.59. The number of halogens is 2. The van der Waals surface area contributed by atoms with E-state index >= 15 is 0 Å². The van der Waals surface area contributed by atoms with E-state index in [0.717, 1.165) is 37.9 Å². The zero-order valence-electron chi connectivity index (χ0n) is 18.0. The number of hydrogen-bond acceptors (Lipinski definition) is 4. The minimum absolute atomic E-state index is 0.0294. The molecule has 3 amide bonds. The van der Waals surface area contributed by atoms with Gasteiger partial charge in [0.15, 0.2) is 0 Å². The van der Waals surface area contributed by atoms with Crippen molar-refractivity contribution in [3.8, 4) is 0 Å². The molecule has 0 radical (unpaired) electrons. The summed E-state index contributed by atoms with van der Waals surface area (Å²) in [6.07, 6.45) is 6.47. The summed E-state index contributed by atoms with van der Waals surface area (Å²) in [4.78, 5) is 42.9. The molecule has 0 aliphatic carbocycles. The van der Waals surface area contributed by atoms with Crippen molar-refractivity contribution >= 4 is 47.0 Å². The Morgan fingerprint density at radius 3 is 2.44 bits per heavy atom. The van der Waals surface area contributed by atoms with Gasteiger partial charge in [0.25, 0.3) is 0 Å². The van der Waals surface area contributed by atoms with Gasteiger partial charge in [0.2, 0.25) is 17.7 Å². The van der Waals surface area contributed by atoms with Gasteiger partial charge in [-0.2, -0.15) is 0 Å². The smallest absolute Gasteiger partial charge is 0.246 e. The van der Waals surface area contributed by atoms with Crippen molar-refractivity contribution in [3.05, 3.63) is 39.9 Å². The Morgan fingerprint density at radius 1 is 1.00 bits per heavy atom. The molecule has 3 rings (SSSR count). The Hall–Kier alpha value is -2.09. The van der Waals surface area contributed by atoms with Crippen LogP contribution in [0.15, 0.2) is 24.3 Å². The quantitative estimate of drug-likeness (QED) is 0.633. The van der Waals surface area contributed by atoms with Crippen LogP contribution in [0.4, 0.5) is 0 Å². The fourth-order valence-corrected chi connectivity index (χ4v) is 4.39. The van der Waals surface area contributed by atoms with Crippen molar-refractivity contribution in [2.75, 3.05) is 39.3 Å². The molecule has 2 heterocycles. The monoisotopic (exact) mass is 481 g/mol. The van der Waals surface area contributed by atoms with Gasteiger partial charge in [-0.05, 0) is 43.0 Å². The molecule has 0 spiro atoms. The first kappa shape index (κ1) is 24.6. The van der Waals surface area contributed by atoms with Crippen molar-refractivity contribution in [2.24, 2.45) is 0 Å². The van der Waals surface area contributed by atoms with Crippen LogP contribution >= 0.6 is 23.2 Å². The molecule has 0 aromatic heterocycles. The largest absolute Gasteiger partial charge is 0.394 e. The van der Waals surface area contributed by atoms with E-state index in [9.17, 15) is 19.5 Å². The van der Waals surface area contributed by atoms with Crippen LogP contribution in [-0.2, 0) is 14.4 Å². The summed E-state index contributed by atoms with van der Waals surface area (Å²) in [6.45, 7) is 2.10. The van der Waals surface area contributed by atoms with Crippen molar-refractivity contribution in [1.29, 1.82) is 0 Å². The number of hydrogen-bond donors (Lipinski definition) is 1. The third-order valence-corrected chi connectivity index (χ3v) is 6.71. The summed E-state index contributed by atoms with van der Waals surface area (Å²) in [6, 6.07) is 4.53. The first-order chi connectivity index (χ1) is 15.4. The molecule has 1 atom stereocenters. The number of rotatable bonds is 6. The lowest BCUT2D eigenvalue weighted by Crippen LogP contribution is -2.47. The summed E-state index contributed by atoms with van der Waals surface area (Å²) < 4.78 is 0. The van der Waals surface area contributed by atoms with Gasteiger partial charge in [-0.15, -0.1) is 0 Å². The second-order valence-electron chi connectivity index (χ2n) is 8.15. The number of aliphatic hydroxyl groups is 1. The topological polar surface area (TPSA) is 81.2 Å². The number of aliphatic hydroxyl groups excluding tert-OH is 1. The lowest BCUT2D eigenvalue weighted by atomic mass is 10.1. The predicted octanol–water partition coefficient (Wildman–Crippen LogP) is 2.83. The number of carbonyl (C=O) groups is 3. The van der Waals surface area contributed by atoms with E-state index in [4.69, 9.17) is 23.2 Å². The molecule has 2 aliphatic heterocycles. The lowest BCUT2D eigenvalue weighted by Gasteiger charge is -2.32. The highest BCUT2D eigenvalue weighted by Gasteiger charge is 2.30. The van der Waals surface area contributed by atoms with Crippen LogP contribution in [0.2, 0.25) is 10.0 Å². The third kappa shape index (κ3) is 6.47. The summed E-state index contributed by atoms with van der Waals surface area (Å²) >= 11 is 11.9. The number of carbonyl (C=O) groups excluding carboxylic acids is 3. The molecule has 0 bridgehead atoms. The molecular weight excluding hydrogens is 453 g/mol. The number of benzene rings is 1. The molecule has 1 unspecified atom stereocenters. The van der Waals surface area contributed by atoms with Gasteiger partial charge >= 0.3 is 0 Å². The molecule has 9 heteroatoms. The van der Waals surface area contributed by atoms with E-state index in [2.05, 4.69) is 0 Å². The maximum Gasteiger partial charge on any atom is 0.246 e. The Labute approximate surface area is 198 Å².